The number of aliphatic hydroxyl groups excluding tert-OH is 1. The molecule has 4 aliphatic rings. The second-order valence-corrected chi connectivity index (χ2v) is 12.9. The van der Waals surface area contributed by atoms with Crippen molar-refractivity contribution in [1.29, 1.82) is 0 Å². The van der Waals surface area contributed by atoms with E-state index >= 15 is 8.78 Å². The number of alkyl halides is 2. The largest absolute Gasteiger partial charge is 0.458 e. The van der Waals surface area contributed by atoms with Gasteiger partial charge in [0.1, 0.15) is 12.8 Å². The topological polar surface area (TPSA) is 135 Å². The Kier molecular flexibility index (Phi) is 6.62. The van der Waals surface area contributed by atoms with Crippen molar-refractivity contribution in [2.45, 2.75) is 64.4 Å². The summed E-state index contributed by atoms with van der Waals surface area (Å²) in [6.45, 7) is 4.50. The van der Waals surface area contributed by atoms with Crippen molar-refractivity contribution in [1.82, 2.24) is 0 Å². The Labute approximate surface area is 208 Å². The summed E-state index contributed by atoms with van der Waals surface area (Å²) in [6.07, 6.45) is 0.127. The summed E-state index contributed by atoms with van der Waals surface area (Å²) in [5.74, 6) is -4.94. The molecule has 0 aromatic carbocycles. The van der Waals surface area contributed by atoms with Gasteiger partial charge in [0.25, 0.3) is 10.1 Å². The minimum Gasteiger partial charge on any atom is -0.458 e. The maximum atomic E-state index is 17.1. The number of ketones is 2. The second-order valence-electron chi connectivity index (χ2n) is 11.3. The van der Waals surface area contributed by atoms with Crippen LogP contribution in [-0.4, -0.2) is 65.9 Å². The summed E-state index contributed by atoms with van der Waals surface area (Å²) in [7, 11) is -4.36. The van der Waals surface area contributed by atoms with Crippen molar-refractivity contribution in [3.8, 4) is 0 Å². The number of aliphatic hydroxyl groups is 1. The molecule has 3 saturated carbocycles. The van der Waals surface area contributed by atoms with E-state index in [0.29, 0.717) is 6.42 Å². The van der Waals surface area contributed by atoms with Crippen molar-refractivity contribution >= 4 is 27.7 Å². The Morgan fingerprint density at radius 3 is 2.53 bits per heavy atom. The van der Waals surface area contributed by atoms with E-state index in [1.807, 2.05) is 6.92 Å². The van der Waals surface area contributed by atoms with Crippen LogP contribution in [0.1, 0.15) is 46.5 Å². The lowest BCUT2D eigenvalue weighted by Gasteiger charge is -2.62. The van der Waals surface area contributed by atoms with Crippen molar-refractivity contribution in [3.63, 3.8) is 0 Å². The predicted octanol–water partition coefficient (Wildman–Crippen LogP) is 2.56. The summed E-state index contributed by atoms with van der Waals surface area (Å²) in [6, 6.07) is 0. The standard InChI is InChI=1S/C25H32F2O8S/c1-13-8-15-16-10-18(26)17-9-14(28)4-6-24(17,3)25(16,27)20(30)11-23(15,2)22(13)19(29)12-35-21(31)5-7-36(32,33)34/h4,6,9,13,15-16,18,20,22,30H,5,7-8,10-12H2,1-3H3,(H,32,33,34)/t13-,15?,16?,18+,20+,22-,23-,24+,25+/m1/s1. The molecule has 0 radical (unpaired) electrons. The van der Waals surface area contributed by atoms with Gasteiger partial charge in [-0.1, -0.05) is 19.9 Å². The zero-order valence-electron chi connectivity index (χ0n) is 20.4. The van der Waals surface area contributed by atoms with Crippen LogP contribution in [0.15, 0.2) is 23.8 Å². The van der Waals surface area contributed by atoms with Crippen LogP contribution in [0.3, 0.4) is 0 Å². The van der Waals surface area contributed by atoms with Crippen molar-refractivity contribution in [2.75, 3.05) is 12.4 Å². The molecular weight excluding hydrogens is 498 g/mol. The molecule has 0 saturated heterocycles. The van der Waals surface area contributed by atoms with E-state index in [1.54, 1.807) is 6.92 Å². The van der Waals surface area contributed by atoms with E-state index in [-0.39, 0.29) is 24.3 Å². The highest BCUT2D eigenvalue weighted by atomic mass is 32.2. The van der Waals surface area contributed by atoms with Crippen LogP contribution in [0.2, 0.25) is 0 Å². The normalized spacial score (nSPS) is 43.8. The second kappa shape index (κ2) is 8.80. The molecule has 0 aliphatic heterocycles. The first-order valence-corrected chi connectivity index (χ1v) is 13.8. The third-order valence-electron chi connectivity index (χ3n) is 9.25. The number of carbonyl (C=O) groups is 3. The van der Waals surface area contributed by atoms with Gasteiger partial charge < -0.3 is 9.84 Å². The molecule has 0 bridgehead atoms. The van der Waals surface area contributed by atoms with Gasteiger partial charge in [-0.3, -0.25) is 18.9 Å². The van der Waals surface area contributed by atoms with Crippen molar-refractivity contribution in [3.05, 3.63) is 23.8 Å². The fourth-order valence-electron chi connectivity index (χ4n) is 7.78. The molecule has 0 amide bonds. The van der Waals surface area contributed by atoms with Gasteiger partial charge in [-0.15, -0.1) is 0 Å². The summed E-state index contributed by atoms with van der Waals surface area (Å²) >= 11 is 0. The summed E-state index contributed by atoms with van der Waals surface area (Å²) in [5, 5.41) is 11.3. The Balaban J connectivity index is 1.59. The maximum Gasteiger partial charge on any atom is 0.307 e. The zero-order chi connectivity index (χ0) is 26.8. The first-order valence-electron chi connectivity index (χ1n) is 12.1. The number of ether oxygens (including phenoxy) is 1. The van der Waals surface area contributed by atoms with Crippen LogP contribution in [-0.2, 0) is 29.2 Å². The van der Waals surface area contributed by atoms with Crippen molar-refractivity contribution in [2.24, 2.45) is 34.5 Å². The lowest BCUT2D eigenvalue weighted by Crippen LogP contribution is -2.68. The molecule has 2 unspecified atom stereocenters. The Hall–Kier alpha value is -1.98. The first kappa shape index (κ1) is 27.1. The minimum absolute atomic E-state index is 0.0341. The molecule has 0 aromatic heterocycles. The van der Waals surface area contributed by atoms with E-state index in [1.165, 1.54) is 19.1 Å². The molecule has 8 nitrogen and oxygen atoms in total. The molecule has 200 valence electrons. The number of rotatable bonds is 6. The summed E-state index contributed by atoms with van der Waals surface area (Å²) < 4.78 is 67.9. The van der Waals surface area contributed by atoms with Crippen LogP contribution in [0.25, 0.3) is 0 Å². The molecule has 3 fully saturated rings. The van der Waals surface area contributed by atoms with Crippen molar-refractivity contribution < 1.29 is 46.0 Å². The number of allylic oxidation sites excluding steroid dienone is 4. The van der Waals surface area contributed by atoms with Gasteiger partial charge in [0.2, 0.25) is 0 Å². The van der Waals surface area contributed by atoms with Crippen LogP contribution >= 0.6 is 0 Å². The third kappa shape index (κ3) is 4.07. The third-order valence-corrected chi connectivity index (χ3v) is 9.97. The number of fused-ring (bicyclic) bond motifs is 5. The van der Waals surface area contributed by atoms with E-state index in [9.17, 15) is 27.9 Å². The fourth-order valence-corrected chi connectivity index (χ4v) is 8.21. The van der Waals surface area contributed by atoms with Gasteiger partial charge in [0, 0.05) is 17.3 Å². The maximum absolute atomic E-state index is 17.1. The Bertz CT molecular complexity index is 1150. The number of esters is 1. The van der Waals surface area contributed by atoms with E-state index in [4.69, 9.17) is 9.29 Å². The summed E-state index contributed by atoms with van der Waals surface area (Å²) in [5.41, 5.74) is -4.59. The van der Waals surface area contributed by atoms with Crippen LogP contribution in [0, 0.1) is 34.5 Å². The average Bonchev–Trinajstić information content (AvgIpc) is 3.03. The molecule has 2 N–H and O–H groups in total. The quantitative estimate of drug-likeness (QED) is 0.395. The minimum atomic E-state index is -4.36. The number of hydrogen-bond acceptors (Lipinski definition) is 7. The molecule has 9 atom stereocenters. The molecule has 4 aliphatic carbocycles. The first-order chi connectivity index (χ1) is 16.5. The molecule has 0 spiro atoms. The molecule has 36 heavy (non-hydrogen) atoms. The SMILES string of the molecule is C[C@@H]1CC2C3C[C@H](F)C4=CC(=O)C=C[C@]4(C)[C@@]3(F)[C@@H](O)C[C@@]2(C)[C@H]1C(=O)COC(=O)CCS(=O)(=O)O. The molecular formula is C25H32F2O8S. The molecule has 4 rings (SSSR count). The van der Waals surface area contributed by atoms with E-state index < -0.39 is 93.0 Å². The predicted molar refractivity (Wildman–Crippen MR) is 124 cm³/mol. The molecule has 0 heterocycles. The van der Waals surface area contributed by atoms with Crippen LogP contribution in [0.4, 0.5) is 8.78 Å². The zero-order valence-corrected chi connectivity index (χ0v) is 21.3. The van der Waals surface area contributed by atoms with Crippen LogP contribution in [0.5, 0.6) is 0 Å². The molecule has 0 aromatic rings. The number of carbonyl (C=O) groups excluding carboxylic acids is 3. The van der Waals surface area contributed by atoms with Gasteiger partial charge in [-0.05, 0) is 61.2 Å². The average molecular weight is 531 g/mol. The monoisotopic (exact) mass is 530 g/mol. The van der Waals surface area contributed by atoms with Gasteiger partial charge in [-0.2, -0.15) is 8.42 Å². The lowest BCUT2D eigenvalue weighted by molar-refractivity contribution is -0.202. The highest BCUT2D eigenvalue weighted by Crippen LogP contribution is 2.70. The lowest BCUT2D eigenvalue weighted by atomic mass is 9.45. The van der Waals surface area contributed by atoms with Crippen LogP contribution < -0.4 is 0 Å². The highest BCUT2D eigenvalue weighted by Gasteiger charge is 2.73. The fraction of sp³-hybridized carbons (Fsp3) is 0.720. The van der Waals surface area contributed by atoms with Gasteiger partial charge in [-0.25, -0.2) is 8.78 Å². The summed E-state index contributed by atoms with van der Waals surface area (Å²) in [4.78, 5) is 37.0. The smallest absolute Gasteiger partial charge is 0.307 e. The molecule has 11 heteroatoms. The Morgan fingerprint density at radius 1 is 1.22 bits per heavy atom. The van der Waals surface area contributed by atoms with Gasteiger partial charge >= 0.3 is 5.97 Å². The van der Waals surface area contributed by atoms with E-state index in [0.717, 1.165) is 6.08 Å². The van der Waals surface area contributed by atoms with E-state index in [2.05, 4.69) is 0 Å². The number of Topliss-reactive ketones (excluding diaryl/α,β-unsaturated/α-hetero) is 1. The highest BCUT2D eigenvalue weighted by molar-refractivity contribution is 7.85. The number of halogens is 2. The van der Waals surface area contributed by atoms with Gasteiger partial charge in [0.15, 0.2) is 17.2 Å². The number of hydrogen-bond donors (Lipinski definition) is 2. The van der Waals surface area contributed by atoms with Gasteiger partial charge in [0.05, 0.1) is 18.3 Å². The Morgan fingerprint density at radius 2 is 1.89 bits per heavy atom.